The molecule has 3 heteroatoms. The number of thiocarbonyl (C=S) groups is 1. The van der Waals surface area contributed by atoms with E-state index >= 15 is 0 Å². The summed E-state index contributed by atoms with van der Waals surface area (Å²) in [6.07, 6.45) is 6.98. The molecule has 0 N–H and O–H groups in total. The molecule has 0 saturated carbocycles. The molecule has 1 rings (SSSR count). The molecule has 1 unspecified atom stereocenters. The minimum atomic E-state index is 0.455. The number of alkyl halides is 1. The van der Waals surface area contributed by atoms with Crippen molar-refractivity contribution < 1.29 is 0 Å². The summed E-state index contributed by atoms with van der Waals surface area (Å²) >= 11 is 7.91. The van der Waals surface area contributed by atoms with Crippen LogP contribution >= 0.6 is 28.1 Å². The lowest BCUT2D eigenvalue weighted by Gasteiger charge is -2.04. The van der Waals surface area contributed by atoms with Crippen LogP contribution in [-0.2, 0) is 0 Å². The van der Waals surface area contributed by atoms with Crippen LogP contribution in [0.4, 0.5) is 0 Å². The first kappa shape index (κ1) is 7.86. The Morgan fingerprint density at radius 2 is 2.60 bits per heavy atom. The maximum atomic E-state index is 4.46. The number of hydrogen-bond donors (Lipinski definition) is 0. The van der Waals surface area contributed by atoms with Crippen LogP contribution in [-0.4, -0.2) is 9.99 Å². The Labute approximate surface area is 73.7 Å². The number of isothiocyanates is 1. The van der Waals surface area contributed by atoms with Crippen LogP contribution in [0.15, 0.2) is 28.9 Å². The van der Waals surface area contributed by atoms with Crippen LogP contribution < -0.4 is 0 Å². The topological polar surface area (TPSA) is 12.4 Å². The molecule has 1 aliphatic carbocycles. The summed E-state index contributed by atoms with van der Waals surface area (Å²) in [5.41, 5.74) is 0.908. The fourth-order valence-electron chi connectivity index (χ4n) is 0.719. The highest BCUT2D eigenvalue weighted by Gasteiger charge is 2.02. The van der Waals surface area contributed by atoms with Gasteiger partial charge in [-0.2, -0.15) is 4.99 Å². The maximum Gasteiger partial charge on any atom is 0.0697 e. The van der Waals surface area contributed by atoms with Crippen LogP contribution in [0.3, 0.4) is 0 Å². The molecule has 0 aromatic rings. The van der Waals surface area contributed by atoms with Gasteiger partial charge in [-0.05, 0) is 24.7 Å². The molecular weight excluding hydrogens is 210 g/mol. The molecule has 52 valence electrons. The largest absolute Gasteiger partial charge is 0.195 e. The van der Waals surface area contributed by atoms with E-state index in [1.54, 1.807) is 0 Å². The van der Waals surface area contributed by atoms with Gasteiger partial charge in [-0.1, -0.05) is 28.1 Å². The monoisotopic (exact) mass is 215 g/mol. The number of halogens is 1. The van der Waals surface area contributed by atoms with Crippen molar-refractivity contribution in [2.75, 3.05) is 0 Å². The third kappa shape index (κ3) is 2.18. The molecule has 0 aromatic carbocycles. The van der Waals surface area contributed by atoms with Gasteiger partial charge in [0.05, 0.1) is 10.9 Å². The molecule has 0 fully saturated rings. The first-order chi connectivity index (χ1) is 4.83. The summed E-state index contributed by atoms with van der Waals surface area (Å²) in [6.45, 7) is 0. The van der Waals surface area contributed by atoms with E-state index in [0.29, 0.717) is 4.83 Å². The van der Waals surface area contributed by atoms with Crippen molar-refractivity contribution in [1.82, 2.24) is 0 Å². The fraction of sp³-hybridized carbons (Fsp3) is 0.286. The third-order valence-corrected chi connectivity index (χ3v) is 1.97. The van der Waals surface area contributed by atoms with Crippen molar-refractivity contribution in [2.45, 2.75) is 11.2 Å². The Morgan fingerprint density at radius 1 is 1.80 bits per heavy atom. The van der Waals surface area contributed by atoms with E-state index < -0.39 is 0 Å². The molecule has 0 saturated heterocycles. The van der Waals surface area contributed by atoms with Crippen LogP contribution in [0.25, 0.3) is 0 Å². The van der Waals surface area contributed by atoms with Gasteiger partial charge < -0.3 is 0 Å². The molecule has 0 bridgehead atoms. The van der Waals surface area contributed by atoms with Crippen molar-refractivity contribution in [3.8, 4) is 0 Å². The van der Waals surface area contributed by atoms with Crippen molar-refractivity contribution in [3.05, 3.63) is 23.9 Å². The molecule has 0 spiro atoms. The Hall–Kier alpha value is -0.240. The van der Waals surface area contributed by atoms with Gasteiger partial charge >= 0.3 is 0 Å². The SMILES string of the molecule is S=C=NC1=CCC(Br)C=C1. The van der Waals surface area contributed by atoms with E-state index in [4.69, 9.17) is 0 Å². The van der Waals surface area contributed by atoms with Gasteiger partial charge in [-0.15, -0.1) is 0 Å². The summed E-state index contributed by atoms with van der Waals surface area (Å²) in [5.74, 6) is 0. The standard InChI is InChI=1S/C7H6BrNS/c8-6-1-3-7(4-2-6)9-5-10/h1,3-4,6H,2H2. The second kappa shape index (κ2) is 3.81. The normalized spacial score (nSPS) is 23.3. The van der Waals surface area contributed by atoms with Crippen molar-refractivity contribution in [1.29, 1.82) is 0 Å². The number of allylic oxidation sites excluding steroid dienone is 3. The van der Waals surface area contributed by atoms with Gasteiger partial charge in [0, 0.05) is 4.83 Å². The predicted molar refractivity (Wildman–Crippen MR) is 49.6 cm³/mol. The molecule has 0 aromatic heterocycles. The van der Waals surface area contributed by atoms with Crippen molar-refractivity contribution >= 4 is 33.3 Å². The Balaban J connectivity index is 2.67. The number of nitrogens with zero attached hydrogens (tertiary/aromatic N) is 1. The van der Waals surface area contributed by atoms with E-state index in [1.807, 2.05) is 18.2 Å². The highest BCUT2D eigenvalue weighted by molar-refractivity contribution is 9.09. The minimum Gasteiger partial charge on any atom is -0.195 e. The van der Waals surface area contributed by atoms with E-state index in [9.17, 15) is 0 Å². The molecule has 1 atom stereocenters. The van der Waals surface area contributed by atoms with Crippen LogP contribution in [0.5, 0.6) is 0 Å². The quantitative estimate of drug-likeness (QED) is 0.373. The second-order valence-corrected chi connectivity index (χ2v) is 3.30. The van der Waals surface area contributed by atoms with Gasteiger partial charge in [0.25, 0.3) is 0 Å². The van der Waals surface area contributed by atoms with Crippen molar-refractivity contribution in [3.63, 3.8) is 0 Å². The second-order valence-electron chi connectivity index (χ2n) is 1.94. The molecule has 0 heterocycles. The summed E-state index contributed by atoms with van der Waals surface area (Å²) in [4.78, 5) is 4.29. The fourth-order valence-corrected chi connectivity index (χ4v) is 1.16. The number of rotatable bonds is 1. The van der Waals surface area contributed by atoms with Gasteiger partial charge in [0.1, 0.15) is 0 Å². The molecular formula is C7H6BrNS. The lowest BCUT2D eigenvalue weighted by Crippen LogP contribution is -1.94. The summed E-state index contributed by atoms with van der Waals surface area (Å²) in [7, 11) is 0. The summed E-state index contributed by atoms with van der Waals surface area (Å²) in [6, 6.07) is 0. The van der Waals surface area contributed by atoms with E-state index in [0.717, 1.165) is 12.1 Å². The van der Waals surface area contributed by atoms with Gasteiger partial charge in [-0.3, -0.25) is 0 Å². The lowest BCUT2D eigenvalue weighted by atomic mass is 10.1. The highest BCUT2D eigenvalue weighted by atomic mass is 79.9. The lowest BCUT2D eigenvalue weighted by molar-refractivity contribution is 1.05. The van der Waals surface area contributed by atoms with Crippen molar-refractivity contribution in [2.24, 2.45) is 4.99 Å². The predicted octanol–water partition coefficient (Wildman–Crippen LogP) is 2.70. The third-order valence-electron chi connectivity index (χ3n) is 1.20. The zero-order valence-electron chi connectivity index (χ0n) is 5.25. The molecule has 0 amide bonds. The number of hydrogen-bond acceptors (Lipinski definition) is 2. The molecule has 1 aliphatic rings. The van der Waals surface area contributed by atoms with Crippen LogP contribution in [0, 0.1) is 0 Å². The van der Waals surface area contributed by atoms with Crippen LogP contribution in [0.1, 0.15) is 6.42 Å². The first-order valence-corrected chi connectivity index (χ1v) is 4.25. The van der Waals surface area contributed by atoms with Gasteiger partial charge in [0.15, 0.2) is 0 Å². The number of aliphatic imine (C=N–C) groups is 1. The van der Waals surface area contributed by atoms with Gasteiger partial charge in [0.2, 0.25) is 0 Å². The minimum absolute atomic E-state index is 0.455. The zero-order valence-corrected chi connectivity index (χ0v) is 7.65. The van der Waals surface area contributed by atoms with Gasteiger partial charge in [-0.25, -0.2) is 0 Å². The van der Waals surface area contributed by atoms with E-state index in [2.05, 4.69) is 38.3 Å². The van der Waals surface area contributed by atoms with E-state index in [-0.39, 0.29) is 0 Å². The smallest absolute Gasteiger partial charge is 0.0697 e. The Kier molecular flexibility index (Phi) is 3.00. The first-order valence-electron chi connectivity index (χ1n) is 2.93. The maximum absolute atomic E-state index is 4.46. The molecule has 1 nitrogen and oxygen atoms in total. The Morgan fingerprint density at radius 3 is 3.10 bits per heavy atom. The Bertz CT molecular complexity index is 226. The van der Waals surface area contributed by atoms with Crippen LogP contribution in [0.2, 0.25) is 0 Å². The summed E-state index contributed by atoms with van der Waals surface area (Å²) in [5, 5.41) is 2.33. The summed E-state index contributed by atoms with van der Waals surface area (Å²) < 4.78 is 0. The average molecular weight is 216 g/mol. The van der Waals surface area contributed by atoms with E-state index in [1.165, 1.54) is 0 Å². The molecule has 0 aliphatic heterocycles. The average Bonchev–Trinajstić information content (AvgIpc) is 1.95. The highest BCUT2D eigenvalue weighted by Crippen LogP contribution is 2.16. The molecule has 0 radical (unpaired) electrons. The zero-order chi connectivity index (χ0) is 7.40. The molecule has 10 heavy (non-hydrogen) atoms.